The molecule has 1 saturated carbocycles. The van der Waals surface area contributed by atoms with Gasteiger partial charge in [0.05, 0.1) is 5.56 Å². The number of hydrogen-bond donors (Lipinski definition) is 1. The number of benzene rings is 2. The Labute approximate surface area is 173 Å². The molecule has 30 heavy (non-hydrogen) atoms. The molecule has 3 rings (SSSR count). The summed E-state index contributed by atoms with van der Waals surface area (Å²) in [7, 11) is 0. The molecule has 0 unspecified atom stereocenters. The largest absolute Gasteiger partial charge is 0.478 e. The van der Waals surface area contributed by atoms with Gasteiger partial charge in [0, 0.05) is 5.56 Å². The molecule has 0 atom stereocenters. The molecule has 2 aromatic carbocycles. The smallest absolute Gasteiger partial charge is 0.338 e. The molecule has 1 N–H and O–H groups in total. The number of carbonyl (C=O) groups is 1. The van der Waals surface area contributed by atoms with Gasteiger partial charge < -0.3 is 5.11 Å². The van der Waals surface area contributed by atoms with Gasteiger partial charge in [-0.3, -0.25) is 0 Å². The molecule has 0 bridgehead atoms. The van der Waals surface area contributed by atoms with Gasteiger partial charge in [0.15, 0.2) is 17.5 Å². The lowest BCUT2D eigenvalue weighted by molar-refractivity contribution is 0.0692. The number of halogens is 4. The van der Waals surface area contributed by atoms with E-state index in [0.29, 0.717) is 23.6 Å². The van der Waals surface area contributed by atoms with Crippen molar-refractivity contribution in [3.8, 4) is 11.1 Å². The maximum absolute atomic E-state index is 15.1. The average Bonchev–Trinajstić information content (AvgIpc) is 2.72. The zero-order chi connectivity index (χ0) is 21.8. The van der Waals surface area contributed by atoms with Gasteiger partial charge in [0.1, 0.15) is 5.82 Å². The average molecular weight is 420 g/mol. The Balaban J connectivity index is 1.99. The van der Waals surface area contributed by atoms with Crippen LogP contribution < -0.4 is 0 Å². The van der Waals surface area contributed by atoms with Crippen LogP contribution in [0, 0.1) is 29.2 Å². The Morgan fingerprint density at radius 2 is 1.63 bits per heavy atom. The fourth-order valence-corrected chi connectivity index (χ4v) is 4.25. The van der Waals surface area contributed by atoms with E-state index in [-0.39, 0.29) is 17.0 Å². The van der Waals surface area contributed by atoms with Gasteiger partial charge in [-0.2, -0.15) is 0 Å². The highest BCUT2D eigenvalue weighted by atomic mass is 19.2. The topological polar surface area (TPSA) is 37.3 Å². The van der Waals surface area contributed by atoms with Crippen LogP contribution in [0.25, 0.3) is 11.1 Å². The van der Waals surface area contributed by atoms with E-state index >= 15 is 4.39 Å². The Hall–Kier alpha value is -2.63. The molecule has 1 fully saturated rings. The van der Waals surface area contributed by atoms with Crippen LogP contribution in [0.15, 0.2) is 36.4 Å². The van der Waals surface area contributed by atoms with Crippen LogP contribution in [-0.4, -0.2) is 11.1 Å². The second-order valence-corrected chi connectivity index (χ2v) is 7.78. The molecule has 0 aromatic heterocycles. The molecule has 160 valence electrons. The molecule has 1 aliphatic rings. The third-order valence-electron chi connectivity index (χ3n) is 5.84. The number of hydrogen-bond acceptors (Lipinski definition) is 1. The Morgan fingerprint density at radius 1 is 1.00 bits per heavy atom. The SMILES string of the molecule is CCC=CCC1CCC(c2ccc(C(=O)O)c(F)c2-c2cc(F)c(F)c(F)c2)CC1. The van der Waals surface area contributed by atoms with Crippen LogP contribution in [0.4, 0.5) is 17.6 Å². The van der Waals surface area contributed by atoms with Gasteiger partial charge in [-0.25, -0.2) is 22.4 Å². The zero-order valence-corrected chi connectivity index (χ0v) is 16.7. The van der Waals surface area contributed by atoms with Crippen molar-refractivity contribution < 1.29 is 27.5 Å². The van der Waals surface area contributed by atoms with E-state index < -0.39 is 34.8 Å². The fourth-order valence-electron chi connectivity index (χ4n) is 4.25. The highest BCUT2D eigenvalue weighted by Gasteiger charge is 2.28. The number of aromatic carboxylic acids is 1. The highest BCUT2D eigenvalue weighted by molar-refractivity contribution is 5.90. The molecular formula is C24H24F4O2. The summed E-state index contributed by atoms with van der Waals surface area (Å²) in [6, 6.07) is 4.13. The maximum Gasteiger partial charge on any atom is 0.338 e. The van der Waals surface area contributed by atoms with E-state index in [2.05, 4.69) is 19.1 Å². The van der Waals surface area contributed by atoms with Gasteiger partial charge in [-0.1, -0.05) is 25.1 Å². The number of rotatable bonds is 6. The first-order valence-corrected chi connectivity index (χ1v) is 10.2. The van der Waals surface area contributed by atoms with Gasteiger partial charge in [0.25, 0.3) is 0 Å². The van der Waals surface area contributed by atoms with E-state index in [4.69, 9.17) is 0 Å². The van der Waals surface area contributed by atoms with Crippen molar-refractivity contribution in [1.29, 1.82) is 0 Å². The van der Waals surface area contributed by atoms with Crippen molar-refractivity contribution >= 4 is 5.97 Å². The van der Waals surface area contributed by atoms with E-state index in [1.54, 1.807) is 0 Å². The van der Waals surface area contributed by atoms with Crippen LogP contribution in [0.2, 0.25) is 0 Å². The molecule has 1 aliphatic carbocycles. The molecule has 6 heteroatoms. The van der Waals surface area contributed by atoms with Gasteiger partial charge in [0.2, 0.25) is 0 Å². The zero-order valence-electron chi connectivity index (χ0n) is 16.7. The third kappa shape index (κ3) is 4.58. The van der Waals surface area contributed by atoms with Crippen molar-refractivity contribution in [2.45, 2.75) is 51.4 Å². The minimum Gasteiger partial charge on any atom is -0.478 e. The Morgan fingerprint density at radius 3 is 2.20 bits per heavy atom. The van der Waals surface area contributed by atoms with Gasteiger partial charge in [-0.15, -0.1) is 0 Å². The third-order valence-corrected chi connectivity index (χ3v) is 5.84. The first-order chi connectivity index (χ1) is 14.3. The van der Waals surface area contributed by atoms with Gasteiger partial charge >= 0.3 is 5.97 Å². The van der Waals surface area contributed by atoms with Gasteiger partial charge in [-0.05, 0) is 79.7 Å². The summed E-state index contributed by atoms with van der Waals surface area (Å²) in [6.07, 6.45) is 9.63. The van der Waals surface area contributed by atoms with Crippen molar-refractivity contribution in [3.05, 3.63) is 70.8 Å². The highest BCUT2D eigenvalue weighted by Crippen LogP contribution is 2.43. The summed E-state index contributed by atoms with van der Waals surface area (Å²) in [4.78, 5) is 11.4. The maximum atomic E-state index is 15.1. The molecular weight excluding hydrogens is 396 g/mol. The summed E-state index contributed by atoms with van der Waals surface area (Å²) in [6.45, 7) is 2.07. The molecule has 0 heterocycles. The minimum absolute atomic E-state index is 0.0695. The van der Waals surface area contributed by atoms with Crippen LogP contribution in [-0.2, 0) is 0 Å². The summed E-state index contributed by atoms with van der Waals surface area (Å²) in [5, 5.41) is 9.27. The fraction of sp³-hybridized carbons (Fsp3) is 0.375. The number of carboxylic acids is 1. The Kier molecular flexibility index (Phi) is 6.95. The molecule has 0 radical (unpaired) electrons. The lowest BCUT2D eigenvalue weighted by Crippen LogP contribution is -2.15. The molecule has 0 saturated heterocycles. The van der Waals surface area contributed by atoms with Crippen LogP contribution >= 0.6 is 0 Å². The van der Waals surface area contributed by atoms with Crippen molar-refractivity contribution in [1.82, 2.24) is 0 Å². The summed E-state index contributed by atoms with van der Waals surface area (Å²) in [5.74, 6) is -6.61. The summed E-state index contributed by atoms with van der Waals surface area (Å²) >= 11 is 0. The predicted molar refractivity (Wildman–Crippen MR) is 107 cm³/mol. The minimum atomic E-state index is -1.64. The number of carboxylic acid groups (broad SMARTS) is 1. The monoisotopic (exact) mass is 420 g/mol. The molecule has 0 amide bonds. The second-order valence-electron chi connectivity index (χ2n) is 7.78. The van der Waals surface area contributed by atoms with Crippen LogP contribution in [0.5, 0.6) is 0 Å². The molecule has 0 aliphatic heterocycles. The summed E-state index contributed by atoms with van der Waals surface area (Å²) < 4.78 is 56.2. The van der Waals surface area contributed by atoms with Crippen molar-refractivity contribution in [2.24, 2.45) is 5.92 Å². The molecule has 0 spiro atoms. The lowest BCUT2D eigenvalue weighted by atomic mass is 9.75. The Bertz CT molecular complexity index is 937. The van der Waals surface area contributed by atoms with Crippen LogP contribution in [0.3, 0.4) is 0 Å². The van der Waals surface area contributed by atoms with E-state index in [1.165, 1.54) is 12.1 Å². The summed E-state index contributed by atoms with van der Waals surface area (Å²) in [5.41, 5.74) is -0.445. The first kappa shape index (κ1) is 22.1. The van der Waals surface area contributed by atoms with Crippen molar-refractivity contribution in [2.75, 3.05) is 0 Å². The first-order valence-electron chi connectivity index (χ1n) is 10.2. The molecule has 2 nitrogen and oxygen atoms in total. The standard InChI is InChI=1S/C24H24F4O2/c1-2-3-4-5-14-6-8-15(9-7-14)17-10-11-18(24(29)30)22(27)21(17)16-12-19(25)23(28)20(26)13-16/h3-4,10-15H,2,5-9H2,1H3,(H,29,30). The van der Waals surface area contributed by atoms with E-state index in [1.807, 2.05) is 0 Å². The predicted octanol–water partition coefficient (Wildman–Crippen LogP) is 7.24. The number of allylic oxidation sites excluding steroid dienone is 2. The van der Waals surface area contributed by atoms with E-state index in [9.17, 15) is 23.1 Å². The lowest BCUT2D eigenvalue weighted by Gasteiger charge is -2.30. The normalized spacial score (nSPS) is 19.4. The quantitative estimate of drug-likeness (QED) is 0.304. The van der Waals surface area contributed by atoms with Crippen molar-refractivity contribution in [3.63, 3.8) is 0 Å². The molecule has 2 aromatic rings. The van der Waals surface area contributed by atoms with Crippen LogP contribution in [0.1, 0.15) is 67.3 Å². The van der Waals surface area contributed by atoms with E-state index in [0.717, 1.165) is 38.5 Å². The second kappa shape index (κ2) is 9.45.